The second kappa shape index (κ2) is 8.55. The Morgan fingerprint density at radius 1 is 1.05 bits per heavy atom. The van der Waals surface area contributed by atoms with Gasteiger partial charge in [0.2, 0.25) is 0 Å². The summed E-state index contributed by atoms with van der Waals surface area (Å²) in [6.45, 7) is 8.32. The summed E-state index contributed by atoms with van der Waals surface area (Å²) in [5.74, 6) is 0.936. The predicted molar refractivity (Wildman–Crippen MR) is 86.0 cm³/mol. The van der Waals surface area contributed by atoms with Crippen molar-refractivity contribution in [3.8, 4) is 5.75 Å². The van der Waals surface area contributed by atoms with E-state index >= 15 is 0 Å². The van der Waals surface area contributed by atoms with E-state index in [2.05, 4.69) is 21.8 Å². The summed E-state index contributed by atoms with van der Waals surface area (Å²) in [6.07, 6.45) is 4.03. The summed E-state index contributed by atoms with van der Waals surface area (Å²) in [5.41, 5.74) is 1.01. The summed E-state index contributed by atoms with van der Waals surface area (Å²) in [6, 6.07) is 8.35. The maximum absolute atomic E-state index is 9.60. The summed E-state index contributed by atoms with van der Waals surface area (Å²) in [4.78, 5) is 12.0. The zero-order chi connectivity index (χ0) is 15.7. The number of carbonyl (C=O) groups excluding carboxylic acids is 1. The highest BCUT2D eigenvalue weighted by Crippen LogP contribution is 2.22. The topological polar surface area (TPSA) is 38.8 Å². The quantitative estimate of drug-likeness (QED) is 0.798. The molecule has 0 atom stereocenters. The molecule has 0 amide bonds. The van der Waals surface area contributed by atoms with Crippen molar-refractivity contribution < 1.29 is 14.3 Å². The van der Waals surface area contributed by atoms with Gasteiger partial charge in [0.1, 0.15) is 11.4 Å². The number of ether oxygens (including phenoxy) is 2. The number of benzene rings is 1. The van der Waals surface area contributed by atoms with Crippen molar-refractivity contribution in [3.05, 3.63) is 24.3 Å². The van der Waals surface area contributed by atoms with Gasteiger partial charge in [0.15, 0.2) is 0 Å². The Bertz CT molecular complexity index is 403. The van der Waals surface area contributed by atoms with Crippen LogP contribution in [0.5, 0.6) is 5.75 Å². The first kappa shape index (κ1) is 17.3. The molecule has 4 heteroatoms. The van der Waals surface area contributed by atoms with E-state index in [1.807, 2.05) is 32.9 Å². The van der Waals surface area contributed by atoms with E-state index in [4.69, 9.17) is 4.74 Å². The number of piperidine rings is 1. The van der Waals surface area contributed by atoms with Crippen LogP contribution in [-0.4, -0.2) is 32.3 Å². The fourth-order valence-electron chi connectivity index (χ4n) is 2.09. The Balaban J connectivity index is 0.000000270. The molecule has 0 saturated carbocycles. The van der Waals surface area contributed by atoms with Crippen LogP contribution in [0.25, 0.3) is 0 Å². The van der Waals surface area contributed by atoms with E-state index in [9.17, 15) is 4.79 Å². The second-order valence-corrected chi connectivity index (χ2v) is 6.07. The third kappa shape index (κ3) is 7.02. The average Bonchev–Trinajstić information content (AvgIpc) is 2.48. The average molecular weight is 293 g/mol. The minimum Gasteiger partial charge on any atom is -0.497 e. The Morgan fingerprint density at radius 2 is 1.62 bits per heavy atom. The van der Waals surface area contributed by atoms with Crippen LogP contribution < -0.4 is 9.64 Å². The van der Waals surface area contributed by atoms with Gasteiger partial charge in [0.05, 0.1) is 7.11 Å². The van der Waals surface area contributed by atoms with Crippen LogP contribution in [0, 0.1) is 0 Å². The number of hydrogen-bond acceptors (Lipinski definition) is 4. The van der Waals surface area contributed by atoms with Gasteiger partial charge in [-0.3, -0.25) is 4.79 Å². The molecule has 118 valence electrons. The molecule has 0 N–H and O–H groups in total. The lowest BCUT2D eigenvalue weighted by Gasteiger charge is -2.28. The fraction of sp³-hybridized carbons (Fsp3) is 0.588. The highest BCUT2D eigenvalue weighted by Gasteiger charge is 2.10. The molecule has 1 aromatic carbocycles. The Kier molecular flexibility index (Phi) is 7.06. The lowest BCUT2D eigenvalue weighted by Crippen LogP contribution is -2.29. The van der Waals surface area contributed by atoms with Crippen molar-refractivity contribution in [1.82, 2.24) is 0 Å². The summed E-state index contributed by atoms with van der Waals surface area (Å²) in [5, 5.41) is 0. The number of rotatable bonds is 3. The maximum Gasteiger partial charge on any atom is 0.293 e. The zero-order valence-electron chi connectivity index (χ0n) is 13.6. The standard InChI is InChI=1S/C12H17NO.C5H10O2/c1-14-12-7-5-11(6-8-12)13-9-3-2-4-10-13;1-5(2,3)7-4-6/h5-8H,2-4,9-10H2,1H3;4H,1-3H3. The van der Waals surface area contributed by atoms with Crippen molar-refractivity contribution in [2.75, 3.05) is 25.1 Å². The largest absolute Gasteiger partial charge is 0.497 e. The number of hydrogen-bond donors (Lipinski definition) is 0. The van der Waals surface area contributed by atoms with Gasteiger partial charge in [-0.05, 0) is 64.3 Å². The molecule has 1 aliphatic rings. The van der Waals surface area contributed by atoms with Crippen molar-refractivity contribution in [2.45, 2.75) is 45.6 Å². The molecule has 1 fully saturated rings. The van der Waals surface area contributed by atoms with Gasteiger partial charge in [0, 0.05) is 18.8 Å². The van der Waals surface area contributed by atoms with Crippen LogP contribution >= 0.6 is 0 Å². The van der Waals surface area contributed by atoms with Crippen molar-refractivity contribution >= 4 is 12.2 Å². The predicted octanol–water partition coefficient (Wildman–Crippen LogP) is 3.64. The molecule has 2 rings (SSSR count). The molecular formula is C17H27NO3. The van der Waals surface area contributed by atoms with E-state index < -0.39 is 0 Å². The first-order valence-electron chi connectivity index (χ1n) is 7.47. The van der Waals surface area contributed by atoms with Crippen LogP contribution in [-0.2, 0) is 9.53 Å². The van der Waals surface area contributed by atoms with Crippen LogP contribution in [0.4, 0.5) is 5.69 Å². The molecule has 0 spiro atoms. The van der Waals surface area contributed by atoms with Crippen molar-refractivity contribution in [1.29, 1.82) is 0 Å². The normalized spacial score (nSPS) is 14.8. The van der Waals surface area contributed by atoms with Gasteiger partial charge in [-0.1, -0.05) is 0 Å². The SMILES string of the molecule is CC(C)(C)OC=O.COc1ccc(N2CCCCC2)cc1. The smallest absolute Gasteiger partial charge is 0.293 e. The van der Waals surface area contributed by atoms with Gasteiger partial charge in [-0.25, -0.2) is 0 Å². The van der Waals surface area contributed by atoms with Crippen LogP contribution in [0.3, 0.4) is 0 Å². The highest BCUT2D eigenvalue weighted by atomic mass is 16.5. The van der Waals surface area contributed by atoms with Crippen LogP contribution in [0.15, 0.2) is 24.3 Å². The molecule has 1 aromatic rings. The molecule has 1 heterocycles. The Labute approximate surface area is 128 Å². The minimum atomic E-state index is -0.318. The van der Waals surface area contributed by atoms with E-state index in [0.29, 0.717) is 6.47 Å². The lowest BCUT2D eigenvalue weighted by molar-refractivity contribution is -0.138. The monoisotopic (exact) mass is 293 g/mol. The summed E-state index contributed by atoms with van der Waals surface area (Å²) in [7, 11) is 1.70. The van der Waals surface area contributed by atoms with Crippen molar-refractivity contribution in [2.24, 2.45) is 0 Å². The van der Waals surface area contributed by atoms with Gasteiger partial charge < -0.3 is 14.4 Å². The van der Waals surface area contributed by atoms with Gasteiger partial charge >= 0.3 is 0 Å². The van der Waals surface area contributed by atoms with E-state index in [1.165, 1.54) is 38.0 Å². The van der Waals surface area contributed by atoms with Crippen LogP contribution in [0.2, 0.25) is 0 Å². The lowest BCUT2D eigenvalue weighted by atomic mass is 10.1. The molecular weight excluding hydrogens is 266 g/mol. The molecule has 1 aliphatic heterocycles. The Morgan fingerprint density at radius 3 is 2.00 bits per heavy atom. The maximum atomic E-state index is 9.60. The molecule has 1 saturated heterocycles. The molecule has 0 unspecified atom stereocenters. The van der Waals surface area contributed by atoms with E-state index in [-0.39, 0.29) is 5.60 Å². The van der Waals surface area contributed by atoms with Gasteiger partial charge in [-0.2, -0.15) is 0 Å². The molecule has 0 bridgehead atoms. The molecule has 21 heavy (non-hydrogen) atoms. The Hall–Kier alpha value is -1.71. The number of anilines is 1. The van der Waals surface area contributed by atoms with Crippen LogP contribution in [0.1, 0.15) is 40.0 Å². The number of methoxy groups -OCH3 is 1. The minimum absolute atomic E-state index is 0.318. The fourth-order valence-corrected chi connectivity index (χ4v) is 2.09. The first-order valence-corrected chi connectivity index (χ1v) is 7.47. The number of nitrogens with zero attached hydrogens (tertiary/aromatic N) is 1. The van der Waals surface area contributed by atoms with Crippen molar-refractivity contribution in [3.63, 3.8) is 0 Å². The number of carbonyl (C=O) groups is 1. The van der Waals surface area contributed by atoms with E-state index in [0.717, 1.165) is 5.75 Å². The summed E-state index contributed by atoms with van der Waals surface area (Å²) < 4.78 is 9.69. The second-order valence-electron chi connectivity index (χ2n) is 6.07. The van der Waals surface area contributed by atoms with E-state index in [1.54, 1.807) is 7.11 Å². The zero-order valence-corrected chi connectivity index (χ0v) is 13.6. The third-order valence-corrected chi connectivity index (χ3v) is 3.20. The molecule has 0 aromatic heterocycles. The first-order chi connectivity index (χ1) is 9.96. The van der Waals surface area contributed by atoms with Gasteiger partial charge in [0.25, 0.3) is 6.47 Å². The summed E-state index contributed by atoms with van der Waals surface area (Å²) >= 11 is 0. The van der Waals surface area contributed by atoms with Gasteiger partial charge in [-0.15, -0.1) is 0 Å². The molecule has 4 nitrogen and oxygen atoms in total. The molecule has 0 aliphatic carbocycles. The highest BCUT2D eigenvalue weighted by molar-refractivity contribution is 5.49. The third-order valence-electron chi connectivity index (χ3n) is 3.20. The molecule has 0 radical (unpaired) electrons.